The molecule has 5 rings (SSSR count). The first kappa shape index (κ1) is 15.8. The van der Waals surface area contributed by atoms with Crippen LogP contribution in [0.3, 0.4) is 0 Å². The van der Waals surface area contributed by atoms with Crippen molar-refractivity contribution in [2.75, 3.05) is 0 Å². The maximum Gasteiger partial charge on any atom is 0.304 e. The van der Waals surface area contributed by atoms with E-state index in [1.807, 2.05) is 0 Å². The molecule has 0 bridgehead atoms. The highest BCUT2D eigenvalue weighted by atomic mass is 16.6. The van der Waals surface area contributed by atoms with Crippen LogP contribution in [0.2, 0.25) is 0 Å². The zero-order valence-electron chi connectivity index (χ0n) is 14.0. The number of nitrogens with zero attached hydrogens (tertiary/aromatic N) is 5. The van der Waals surface area contributed by atoms with E-state index < -0.39 is 10.5 Å². The Balaban J connectivity index is 1.80. The summed E-state index contributed by atoms with van der Waals surface area (Å²) in [5.41, 5.74) is 1.38. The molecule has 136 valence electrons. The number of fused-ring (bicyclic) bond motifs is 2. The normalized spacial score (nSPS) is 11.3. The van der Waals surface area contributed by atoms with Crippen LogP contribution in [0.5, 0.6) is 0 Å². The van der Waals surface area contributed by atoms with Crippen molar-refractivity contribution < 1.29 is 4.92 Å². The smallest absolute Gasteiger partial charge is 0.304 e. The van der Waals surface area contributed by atoms with Crippen molar-refractivity contribution in [3.05, 3.63) is 62.9 Å². The van der Waals surface area contributed by atoms with Gasteiger partial charge in [0.2, 0.25) is 0 Å². The number of aromatic amines is 3. The second-order valence-electron chi connectivity index (χ2n) is 6.05. The van der Waals surface area contributed by atoms with Crippen LogP contribution in [-0.2, 0) is 0 Å². The van der Waals surface area contributed by atoms with Crippen LogP contribution in [0.25, 0.3) is 44.7 Å². The molecule has 0 amide bonds. The lowest BCUT2D eigenvalue weighted by Crippen LogP contribution is -2.12. The first-order chi connectivity index (χ1) is 13.6. The van der Waals surface area contributed by atoms with Gasteiger partial charge in [-0.05, 0) is 40.8 Å². The van der Waals surface area contributed by atoms with E-state index in [2.05, 4.69) is 35.6 Å². The minimum atomic E-state index is -0.535. The molecule has 0 aliphatic carbocycles. The van der Waals surface area contributed by atoms with E-state index >= 15 is 0 Å². The van der Waals surface area contributed by atoms with Gasteiger partial charge in [-0.15, -0.1) is 5.10 Å². The second-order valence-corrected chi connectivity index (χ2v) is 6.05. The molecular weight excluding hydrogens is 364 g/mol. The monoisotopic (exact) mass is 374 g/mol. The number of para-hydroxylation sites is 2. The molecule has 0 radical (unpaired) electrons. The molecule has 0 saturated heterocycles. The molecule has 0 spiro atoms. The van der Waals surface area contributed by atoms with Gasteiger partial charge in [-0.1, -0.05) is 12.1 Å². The lowest BCUT2D eigenvalue weighted by atomic mass is 10.1. The first-order valence-corrected chi connectivity index (χ1v) is 8.15. The summed E-state index contributed by atoms with van der Waals surface area (Å²) in [5.74, 6) is 0.376. The van der Waals surface area contributed by atoms with Crippen molar-refractivity contribution in [1.82, 2.24) is 35.6 Å². The maximum absolute atomic E-state index is 12.5. The van der Waals surface area contributed by atoms with Crippen LogP contribution >= 0.6 is 0 Å². The number of tetrazole rings is 1. The fourth-order valence-corrected chi connectivity index (χ4v) is 3.17. The zero-order chi connectivity index (χ0) is 19.3. The van der Waals surface area contributed by atoms with E-state index in [-0.39, 0.29) is 17.1 Å². The standard InChI is InChI=1S/C17H10N8O3/c26-17-14(19-11-3-1-2-4-12(11)20-17)13-15(25(27)28)9-7-8(5-6-10(9)18-13)16-21-23-24-22-16/h1-7,18H,(H,20,26)(H,21,22,23,24). The molecule has 0 unspecified atom stereocenters. The van der Waals surface area contributed by atoms with Crippen LogP contribution in [0.15, 0.2) is 47.3 Å². The van der Waals surface area contributed by atoms with E-state index in [9.17, 15) is 14.9 Å². The Morgan fingerprint density at radius 3 is 2.68 bits per heavy atom. The Morgan fingerprint density at radius 2 is 1.89 bits per heavy atom. The maximum atomic E-state index is 12.5. The minimum absolute atomic E-state index is 0.0415. The van der Waals surface area contributed by atoms with Gasteiger partial charge in [0, 0.05) is 5.56 Å². The molecule has 0 saturated carbocycles. The van der Waals surface area contributed by atoms with Gasteiger partial charge in [0.25, 0.3) is 5.56 Å². The van der Waals surface area contributed by atoms with Gasteiger partial charge in [-0.3, -0.25) is 14.9 Å². The average molecular weight is 374 g/mol. The highest BCUT2D eigenvalue weighted by molar-refractivity contribution is 5.99. The number of nitro groups is 1. The van der Waals surface area contributed by atoms with Crippen molar-refractivity contribution in [2.24, 2.45) is 0 Å². The number of hydrogen-bond donors (Lipinski definition) is 3. The van der Waals surface area contributed by atoms with Crippen molar-refractivity contribution in [1.29, 1.82) is 0 Å². The Kier molecular flexibility index (Phi) is 3.28. The summed E-state index contributed by atoms with van der Waals surface area (Å²) in [6, 6.07) is 11.9. The lowest BCUT2D eigenvalue weighted by Gasteiger charge is -2.01. The Hall–Kier alpha value is -4.41. The molecule has 0 fully saturated rings. The highest BCUT2D eigenvalue weighted by Gasteiger charge is 2.26. The van der Waals surface area contributed by atoms with Gasteiger partial charge < -0.3 is 9.97 Å². The number of rotatable bonds is 3. The summed E-state index contributed by atoms with van der Waals surface area (Å²) >= 11 is 0. The Labute approximate surface area is 154 Å². The van der Waals surface area contributed by atoms with E-state index in [0.29, 0.717) is 33.3 Å². The predicted octanol–water partition coefficient (Wildman–Crippen LogP) is 2.16. The molecule has 0 aliphatic rings. The molecule has 0 atom stereocenters. The molecular formula is C17H10N8O3. The number of H-pyrrole nitrogens is 3. The van der Waals surface area contributed by atoms with E-state index in [1.165, 1.54) is 0 Å². The quantitative estimate of drug-likeness (QED) is 0.322. The molecule has 11 heteroatoms. The summed E-state index contributed by atoms with van der Waals surface area (Å²) in [5, 5.41) is 25.6. The molecule has 3 aromatic heterocycles. The molecule has 5 aromatic rings. The van der Waals surface area contributed by atoms with Gasteiger partial charge in [-0.2, -0.15) is 0 Å². The molecule has 0 aliphatic heterocycles. The van der Waals surface area contributed by atoms with E-state index in [0.717, 1.165) is 0 Å². The summed E-state index contributed by atoms with van der Waals surface area (Å²) in [6.07, 6.45) is 0. The van der Waals surface area contributed by atoms with Crippen LogP contribution in [0.1, 0.15) is 0 Å². The van der Waals surface area contributed by atoms with Crippen LogP contribution in [0, 0.1) is 10.1 Å². The third-order valence-corrected chi connectivity index (χ3v) is 4.41. The fraction of sp³-hybridized carbons (Fsp3) is 0. The second kappa shape index (κ2) is 5.81. The van der Waals surface area contributed by atoms with E-state index in [4.69, 9.17) is 0 Å². The van der Waals surface area contributed by atoms with Crippen LogP contribution < -0.4 is 5.56 Å². The number of nitrogens with one attached hydrogen (secondary N) is 3. The van der Waals surface area contributed by atoms with Crippen molar-refractivity contribution in [3.63, 3.8) is 0 Å². The third-order valence-electron chi connectivity index (χ3n) is 4.41. The van der Waals surface area contributed by atoms with Crippen LogP contribution in [0.4, 0.5) is 5.69 Å². The van der Waals surface area contributed by atoms with E-state index in [1.54, 1.807) is 42.5 Å². The zero-order valence-corrected chi connectivity index (χ0v) is 14.0. The minimum Gasteiger partial charge on any atom is -0.347 e. The van der Waals surface area contributed by atoms with Gasteiger partial charge in [0.05, 0.1) is 26.9 Å². The van der Waals surface area contributed by atoms with Gasteiger partial charge in [0.15, 0.2) is 11.5 Å². The van der Waals surface area contributed by atoms with Gasteiger partial charge in [0.1, 0.15) is 5.69 Å². The van der Waals surface area contributed by atoms with Crippen molar-refractivity contribution >= 4 is 27.6 Å². The summed E-state index contributed by atoms with van der Waals surface area (Å²) in [6.45, 7) is 0. The van der Waals surface area contributed by atoms with Crippen molar-refractivity contribution in [3.8, 4) is 22.8 Å². The van der Waals surface area contributed by atoms with Gasteiger partial charge >= 0.3 is 5.69 Å². The van der Waals surface area contributed by atoms with Crippen molar-refractivity contribution in [2.45, 2.75) is 0 Å². The number of aromatic nitrogens is 7. The summed E-state index contributed by atoms with van der Waals surface area (Å²) in [7, 11) is 0. The van der Waals surface area contributed by atoms with Gasteiger partial charge in [-0.25, -0.2) is 10.1 Å². The highest BCUT2D eigenvalue weighted by Crippen LogP contribution is 2.36. The summed E-state index contributed by atoms with van der Waals surface area (Å²) < 4.78 is 0. The Morgan fingerprint density at radius 1 is 1.04 bits per heavy atom. The lowest BCUT2D eigenvalue weighted by molar-refractivity contribution is -0.382. The first-order valence-electron chi connectivity index (χ1n) is 8.15. The molecule has 3 N–H and O–H groups in total. The molecule has 28 heavy (non-hydrogen) atoms. The Bertz CT molecular complexity index is 1420. The fourth-order valence-electron chi connectivity index (χ4n) is 3.17. The number of hydrogen-bond acceptors (Lipinski definition) is 7. The summed E-state index contributed by atoms with van der Waals surface area (Å²) in [4.78, 5) is 33.9. The molecule has 3 heterocycles. The topological polar surface area (TPSA) is 159 Å². The third kappa shape index (κ3) is 2.34. The molecule has 11 nitrogen and oxygen atoms in total. The SMILES string of the molecule is O=c1[nH]c2ccccc2nc1-c1[nH]c2ccc(-c3nnn[nH]3)cc2c1[N+](=O)[O-]. The van der Waals surface area contributed by atoms with Crippen LogP contribution in [-0.4, -0.2) is 40.5 Å². The average Bonchev–Trinajstić information content (AvgIpc) is 3.34. The molecule has 2 aromatic carbocycles. The largest absolute Gasteiger partial charge is 0.347 e. The predicted molar refractivity (Wildman–Crippen MR) is 99.5 cm³/mol. The number of benzene rings is 2.